The highest BCUT2D eigenvalue weighted by Gasteiger charge is 2.25. The van der Waals surface area contributed by atoms with E-state index in [1.165, 1.54) is 109 Å². The Morgan fingerprint density at radius 3 is 1.41 bits per heavy atom. The van der Waals surface area contributed by atoms with Crippen LogP contribution in [0.5, 0.6) is 0 Å². The van der Waals surface area contributed by atoms with Gasteiger partial charge in [0.2, 0.25) is 0 Å². The van der Waals surface area contributed by atoms with E-state index in [-0.39, 0.29) is 0 Å². The SMILES string of the molecule is CCCCCC1CCC(CCC2CCC(CCc3ccc(C4CCC(CCCC)CC4)cc3)CC2)CC1. The van der Waals surface area contributed by atoms with E-state index in [0.717, 1.165) is 35.5 Å². The second-order valence-corrected chi connectivity index (χ2v) is 14.0. The molecule has 0 spiro atoms. The number of hydrogen-bond acceptors (Lipinski definition) is 0. The molecule has 0 radical (unpaired) electrons. The average Bonchev–Trinajstić information content (AvgIpc) is 2.96. The van der Waals surface area contributed by atoms with Crippen molar-refractivity contribution in [2.75, 3.05) is 0 Å². The monoisotopic (exact) mass is 506 g/mol. The molecule has 3 aliphatic rings. The van der Waals surface area contributed by atoms with Gasteiger partial charge in [-0.25, -0.2) is 0 Å². The number of benzene rings is 1. The predicted octanol–water partition coefficient (Wildman–Crippen LogP) is 12.1. The first-order valence-corrected chi connectivity index (χ1v) is 17.3. The summed E-state index contributed by atoms with van der Waals surface area (Å²) >= 11 is 0. The zero-order valence-corrected chi connectivity index (χ0v) is 25.0. The topological polar surface area (TPSA) is 0 Å². The average molecular weight is 507 g/mol. The Hall–Kier alpha value is -0.780. The molecule has 0 unspecified atom stereocenters. The zero-order chi connectivity index (χ0) is 25.7. The first kappa shape index (κ1) is 29.2. The summed E-state index contributed by atoms with van der Waals surface area (Å²) in [4.78, 5) is 0. The van der Waals surface area contributed by atoms with Gasteiger partial charge in [0.15, 0.2) is 0 Å². The maximum atomic E-state index is 2.49. The fourth-order valence-corrected chi connectivity index (χ4v) is 8.38. The highest BCUT2D eigenvalue weighted by molar-refractivity contribution is 5.26. The van der Waals surface area contributed by atoms with Crippen LogP contribution < -0.4 is 0 Å². The Morgan fingerprint density at radius 2 is 0.892 bits per heavy atom. The van der Waals surface area contributed by atoms with Gasteiger partial charge < -0.3 is 0 Å². The smallest absolute Gasteiger partial charge is 0.0162 e. The summed E-state index contributed by atoms with van der Waals surface area (Å²) in [5, 5.41) is 0. The molecular formula is C37H62. The molecule has 0 heteroatoms. The van der Waals surface area contributed by atoms with Crippen molar-refractivity contribution in [1.82, 2.24) is 0 Å². The van der Waals surface area contributed by atoms with Crippen molar-refractivity contribution in [1.29, 1.82) is 0 Å². The third kappa shape index (κ3) is 10.0. The van der Waals surface area contributed by atoms with Crippen LogP contribution in [0.1, 0.15) is 172 Å². The molecule has 0 bridgehead atoms. The highest BCUT2D eigenvalue weighted by Crippen LogP contribution is 2.40. The quantitative estimate of drug-likeness (QED) is 0.220. The van der Waals surface area contributed by atoms with E-state index in [2.05, 4.69) is 38.1 Å². The Morgan fingerprint density at radius 1 is 0.459 bits per heavy atom. The molecule has 0 atom stereocenters. The van der Waals surface area contributed by atoms with Crippen LogP contribution in [0.4, 0.5) is 0 Å². The Labute approximate surface area is 232 Å². The molecule has 0 saturated heterocycles. The predicted molar refractivity (Wildman–Crippen MR) is 163 cm³/mol. The van der Waals surface area contributed by atoms with E-state index in [0.29, 0.717) is 0 Å². The molecule has 3 fully saturated rings. The van der Waals surface area contributed by atoms with Crippen LogP contribution in [0.25, 0.3) is 0 Å². The first-order chi connectivity index (χ1) is 18.2. The molecule has 0 aliphatic heterocycles. The normalized spacial score (nSPS) is 30.9. The summed E-state index contributed by atoms with van der Waals surface area (Å²) < 4.78 is 0. The minimum atomic E-state index is 0.836. The van der Waals surface area contributed by atoms with Crippen LogP contribution in [0, 0.1) is 29.6 Å². The summed E-state index contributed by atoms with van der Waals surface area (Å²) in [6, 6.07) is 9.93. The van der Waals surface area contributed by atoms with Crippen molar-refractivity contribution < 1.29 is 0 Å². The number of hydrogen-bond donors (Lipinski definition) is 0. The second-order valence-electron chi connectivity index (χ2n) is 14.0. The molecule has 0 aromatic heterocycles. The van der Waals surface area contributed by atoms with Gasteiger partial charge in [-0.05, 0) is 85.2 Å². The van der Waals surface area contributed by atoms with E-state index in [9.17, 15) is 0 Å². The third-order valence-electron chi connectivity index (χ3n) is 11.2. The van der Waals surface area contributed by atoms with Crippen molar-refractivity contribution in [2.24, 2.45) is 29.6 Å². The van der Waals surface area contributed by atoms with Gasteiger partial charge in [-0.3, -0.25) is 0 Å². The second kappa shape index (κ2) is 16.4. The van der Waals surface area contributed by atoms with E-state index in [1.54, 1.807) is 49.7 Å². The van der Waals surface area contributed by atoms with Gasteiger partial charge in [-0.1, -0.05) is 147 Å². The molecule has 210 valence electrons. The van der Waals surface area contributed by atoms with Gasteiger partial charge in [-0.15, -0.1) is 0 Å². The number of aryl methyl sites for hydroxylation is 1. The summed E-state index contributed by atoms with van der Waals surface area (Å²) in [6.45, 7) is 4.67. The molecular weight excluding hydrogens is 444 g/mol. The number of unbranched alkanes of at least 4 members (excludes halogenated alkanes) is 3. The van der Waals surface area contributed by atoms with Gasteiger partial charge in [0.1, 0.15) is 0 Å². The standard InChI is InChI=1S/C37H62/c1-3-5-7-9-31-10-12-32(13-11-31)14-15-33-16-18-34(19-17-33)20-21-35-24-28-37(29-25-35)36-26-22-30(23-27-36)8-6-4-2/h24-25,28-34,36H,3-23,26-27H2,1-2H3. The molecule has 4 rings (SSSR count). The fraction of sp³-hybridized carbons (Fsp3) is 0.838. The minimum Gasteiger partial charge on any atom is -0.0654 e. The molecule has 1 aromatic carbocycles. The molecule has 0 N–H and O–H groups in total. The van der Waals surface area contributed by atoms with Crippen molar-refractivity contribution in [3.8, 4) is 0 Å². The van der Waals surface area contributed by atoms with E-state index >= 15 is 0 Å². The molecule has 1 aromatic rings. The van der Waals surface area contributed by atoms with Crippen LogP contribution >= 0.6 is 0 Å². The van der Waals surface area contributed by atoms with Crippen LogP contribution in [-0.4, -0.2) is 0 Å². The first-order valence-electron chi connectivity index (χ1n) is 17.3. The largest absolute Gasteiger partial charge is 0.0654 e. The van der Waals surface area contributed by atoms with Gasteiger partial charge in [0.05, 0.1) is 0 Å². The van der Waals surface area contributed by atoms with Crippen molar-refractivity contribution in [3.05, 3.63) is 35.4 Å². The van der Waals surface area contributed by atoms with Crippen LogP contribution in [0.3, 0.4) is 0 Å². The van der Waals surface area contributed by atoms with Crippen molar-refractivity contribution >= 4 is 0 Å². The minimum absolute atomic E-state index is 0.836. The van der Waals surface area contributed by atoms with Gasteiger partial charge in [0, 0.05) is 0 Å². The molecule has 0 heterocycles. The molecule has 3 aliphatic carbocycles. The maximum absolute atomic E-state index is 2.49. The third-order valence-corrected chi connectivity index (χ3v) is 11.2. The lowest BCUT2D eigenvalue weighted by Crippen LogP contribution is -2.18. The van der Waals surface area contributed by atoms with Gasteiger partial charge >= 0.3 is 0 Å². The van der Waals surface area contributed by atoms with Crippen molar-refractivity contribution in [2.45, 2.75) is 167 Å². The Kier molecular flexibility index (Phi) is 12.9. The van der Waals surface area contributed by atoms with Crippen LogP contribution in [0.15, 0.2) is 24.3 Å². The molecule has 3 saturated carbocycles. The molecule has 37 heavy (non-hydrogen) atoms. The summed E-state index contributed by atoms with van der Waals surface area (Å²) in [5.41, 5.74) is 3.22. The Balaban J connectivity index is 1.06. The fourth-order valence-electron chi connectivity index (χ4n) is 8.38. The zero-order valence-electron chi connectivity index (χ0n) is 25.0. The maximum Gasteiger partial charge on any atom is -0.0162 e. The summed E-state index contributed by atoms with van der Waals surface area (Å²) in [6.07, 6.45) is 34.0. The lowest BCUT2D eigenvalue weighted by atomic mass is 9.74. The summed E-state index contributed by atoms with van der Waals surface area (Å²) in [7, 11) is 0. The van der Waals surface area contributed by atoms with Crippen LogP contribution in [0.2, 0.25) is 0 Å². The van der Waals surface area contributed by atoms with Crippen LogP contribution in [-0.2, 0) is 6.42 Å². The number of rotatable bonds is 14. The van der Waals surface area contributed by atoms with Gasteiger partial charge in [0.25, 0.3) is 0 Å². The van der Waals surface area contributed by atoms with Crippen molar-refractivity contribution in [3.63, 3.8) is 0 Å². The van der Waals surface area contributed by atoms with Gasteiger partial charge in [-0.2, -0.15) is 0 Å². The van der Waals surface area contributed by atoms with E-state index < -0.39 is 0 Å². The molecule has 0 nitrogen and oxygen atoms in total. The lowest BCUT2D eigenvalue weighted by molar-refractivity contribution is 0.208. The summed E-state index contributed by atoms with van der Waals surface area (Å²) in [5.74, 6) is 6.04. The lowest BCUT2D eigenvalue weighted by Gasteiger charge is -2.32. The van der Waals surface area contributed by atoms with E-state index in [1.807, 2.05) is 0 Å². The highest BCUT2D eigenvalue weighted by atomic mass is 14.3. The molecule has 0 amide bonds. The van der Waals surface area contributed by atoms with E-state index in [4.69, 9.17) is 0 Å². The Bertz CT molecular complexity index is 692.